The summed E-state index contributed by atoms with van der Waals surface area (Å²) < 4.78 is 34.1. The Hall–Kier alpha value is -1.61. The van der Waals surface area contributed by atoms with Crippen LogP contribution in [0, 0.1) is 5.92 Å². The van der Waals surface area contributed by atoms with Crippen LogP contribution in [0.2, 0.25) is 0 Å². The quantitative estimate of drug-likeness (QED) is 0.616. The number of carbonyl (C=O) groups is 1. The fourth-order valence-corrected chi connectivity index (χ4v) is 2.97. The van der Waals surface area contributed by atoms with Crippen LogP contribution < -0.4 is 5.32 Å². The summed E-state index contributed by atoms with van der Waals surface area (Å²) in [5, 5.41) is 31.1. The first kappa shape index (κ1) is 19.7. The topological polar surface area (TPSA) is 99.0 Å². The van der Waals surface area contributed by atoms with Gasteiger partial charge in [0.25, 0.3) is 5.91 Å². The van der Waals surface area contributed by atoms with E-state index in [0.717, 1.165) is 6.92 Å². The molecule has 2 rings (SSSR count). The van der Waals surface area contributed by atoms with Crippen molar-refractivity contribution < 1.29 is 33.6 Å². The number of hydrogen-bond donors (Lipinski definition) is 4. The third-order valence-corrected chi connectivity index (χ3v) is 4.51. The zero-order valence-electron chi connectivity index (χ0n) is 14.0. The highest BCUT2D eigenvalue weighted by Gasteiger charge is 2.54. The molecule has 7 atom stereocenters. The third kappa shape index (κ3) is 4.14. The zero-order valence-corrected chi connectivity index (χ0v) is 14.0. The van der Waals surface area contributed by atoms with Gasteiger partial charge < -0.3 is 25.4 Å². The van der Waals surface area contributed by atoms with E-state index >= 15 is 0 Å². The summed E-state index contributed by atoms with van der Waals surface area (Å²) >= 11 is 0. The van der Waals surface area contributed by atoms with Crippen molar-refractivity contribution in [1.82, 2.24) is 5.32 Å². The van der Waals surface area contributed by atoms with Gasteiger partial charge in [-0.15, -0.1) is 0 Å². The van der Waals surface area contributed by atoms with Gasteiger partial charge in [-0.2, -0.15) is 0 Å². The van der Waals surface area contributed by atoms with Gasteiger partial charge in [-0.3, -0.25) is 4.79 Å². The normalized spacial score (nSPS) is 35.0. The van der Waals surface area contributed by atoms with Crippen molar-refractivity contribution in [2.45, 2.75) is 50.2 Å². The largest absolute Gasteiger partial charge is 0.394 e. The van der Waals surface area contributed by atoms with E-state index in [9.17, 15) is 23.8 Å². The maximum atomic E-state index is 14.6. The molecule has 0 saturated carbocycles. The molecule has 1 heterocycles. The molecule has 1 aromatic carbocycles. The lowest BCUT2D eigenvalue weighted by Crippen LogP contribution is -2.65. The Labute approximate surface area is 144 Å². The molecule has 1 saturated heterocycles. The lowest BCUT2D eigenvalue weighted by atomic mass is 9.82. The van der Waals surface area contributed by atoms with Gasteiger partial charge in [-0.1, -0.05) is 25.1 Å². The fraction of sp³-hybridized carbons (Fsp3) is 0.588. The van der Waals surface area contributed by atoms with Gasteiger partial charge in [0.05, 0.1) is 18.8 Å². The molecular formula is C17H23F2NO5. The Balaban J connectivity index is 2.23. The first-order chi connectivity index (χ1) is 11.7. The Morgan fingerprint density at radius 2 is 1.96 bits per heavy atom. The van der Waals surface area contributed by atoms with Crippen LogP contribution in [0.25, 0.3) is 0 Å². The van der Waals surface area contributed by atoms with Crippen LogP contribution in [-0.4, -0.2) is 64.2 Å². The lowest BCUT2D eigenvalue weighted by molar-refractivity contribution is -0.280. The molecule has 1 aliphatic heterocycles. The average molecular weight is 359 g/mol. The summed E-state index contributed by atoms with van der Waals surface area (Å²) in [7, 11) is 0. The van der Waals surface area contributed by atoms with Gasteiger partial charge >= 0.3 is 0 Å². The minimum atomic E-state index is -2.78. The smallest absolute Gasteiger partial charge is 0.251 e. The summed E-state index contributed by atoms with van der Waals surface area (Å²) in [6.45, 7) is 1.56. The Morgan fingerprint density at radius 3 is 2.52 bits per heavy atom. The number of aliphatic hydroxyl groups is 3. The number of nitrogens with one attached hydrogen (secondary N) is 1. The zero-order chi connectivity index (χ0) is 18.8. The third-order valence-electron chi connectivity index (χ3n) is 4.51. The van der Waals surface area contributed by atoms with Gasteiger partial charge in [-0.25, -0.2) is 8.78 Å². The summed E-state index contributed by atoms with van der Waals surface area (Å²) in [4.78, 5) is 12.3. The maximum Gasteiger partial charge on any atom is 0.251 e. The molecule has 0 spiro atoms. The minimum absolute atomic E-state index is 0.279. The molecule has 140 valence electrons. The summed E-state index contributed by atoms with van der Waals surface area (Å²) in [6.07, 6.45) is -6.71. The SMILES string of the molecule is C[C@H]1[C@H]([C@H](O)[C@H](O)CO)OC(C)(F)C(F)[C@@H]1NC(=O)c1ccccc1. The average Bonchev–Trinajstić information content (AvgIpc) is 2.61. The summed E-state index contributed by atoms with van der Waals surface area (Å²) in [6, 6.07) is 6.76. The lowest BCUT2D eigenvalue weighted by Gasteiger charge is -2.46. The second-order valence-corrected chi connectivity index (χ2v) is 6.44. The molecule has 1 aliphatic rings. The molecular weight excluding hydrogens is 336 g/mol. The van der Waals surface area contributed by atoms with Crippen LogP contribution in [0.5, 0.6) is 0 Å². The van der Waals surface area contributed by atoms with Gasteiger partial charge in [0.1, 0.15) is 12.2 Å². The number of carbonyl (C=O) groups excluding carboxylic acids is 1. The second-order valence-electron chi connectivity index (χ2n) is 6.44. The van der Waals surface area contributed by atoms with Crippen molar-refractivity contribution in [3.8, 4) is 0 Å². The Kier molecular flexibility index (Phi) is 6.10. The van der Waals surface area contributed by atoms with E-state index in [4.69, 9.17) is 9.84 Å². The molecule has 0 aliphatic carbocycles. The molecule has 1 fully saturated rings. The molecule has 4 N–H and O–H groups in total. The molecule has 0 aromatic heterocycles. The van der Waals surface area contributed by atoms with E-state index < -0.39 is 54.8 Å². The number of ether oxygens (including phenoxy) is 1. The molecule has 1 amide bonds. The van der Waals surface area contributed by atoms with Crippen molar-refractivity contribution in [2.24, 2.45) is 5.92 Å². The van der Waals surface area contributed by atoms with Crippen molar-refractivity contribution in [3.05, 3.63) is 35.9 Å². The number of amides is 1. The fourth-order valence-electron chi connectivity index (χ4n) is 2.97. The molecule has 0 radical (unpaired) electrons. The Bertz CT molecular complexity index is 586. The van der Waals surface area contributed by atoms with Crippen molar-refractivity contribution in [2.75, 3.05) is 6.61 Å². The number of hydrogen-bond acceptors (Lipinski definition) is 5. The predicted octanol–water partition coefficient (Wildman–Crippen LogP) is 0.558. The van der Waals surface area contributed by atoms with Crippen LogP contribution in [0.15, 0.2) is 30.3 Å². The van der Waals surface area contributed by atoms with Crippen molar-refractivity contribution in [1.29, 1.82) is 0 Å². The van der Waals surface area contributed by atoms with E-state index in [2.05, 4.69) is 5.32 Å². The van der Waals surface area contributed by atoms with E-state index in [1.165, 1.54) is 19.1 Å². The van der Waals surface area contributed by atoms with Gasteiger partial charge in [0.2, 0.25) is 5.85 Å². The molecule has 2 unspecified atom stereocenters. The highest BCUT2D eigenvalue weighted by atomic mass is 19.2. The van der Waals surface area contributed by atoms with Crippen molar-refractivity contribution >= 4 is 5.91 Å². The first-order valence-corrected chi connectivity index (χ1v) is 8.02. The molecule has 8 heteroatoms. The van der Waals surface area contributed by atoms with Crippen LogP contribution >= 0.6 is 0 Å². The maximum absolute atomic E-state index is 14.6. The Morgan fingerprint density at radius 1 is 1.36 bits per heavy atom. The van der Waals surface area contributed by atoms with E-state index in [1.807, 2.05) is 0 Å². The number of rotatable bonds is 5. The highest BCUT2D eigenvalue weighted by molar-refractivity contribution is 5.94. The van der Waals surface area contributed by atoms with Crippen LogP contribution in [0.3, 0.4) is 0 Å². The standard InChI is InChI=1S/C17H23F2NO5/c1-9-12(20-16(24)10-6-4-3-5-7-10)15(18)17(2,19)25-14(9)13(23)11(22)8-21/h3-7,9,11-15,21-23H,8H2,1-2H3,(H,20,24)/t9-,11-,12-,13-,14-,15?,17?/m1/s1. The monoisotopic (exact) mass is 359 g/mol. The van der Waals surface area contributed by atoms with Crippen LogP contribution in [0.1, 0.15) is 24.2 Å². The van der Waals surface area contributed by atoms with Crippen LogP contribution in [0.4, 0.5) is 8.78 Å². The van der Waals surface area contributed by atoms with Crippen LogP contribution in [-0.2, 0) is 4.74 Å². The van der Waals surface area contributed by atoms with Gasteiger partial charge in [0.15, 0.2) is 6.17 Å². The number of benzene rings is 1. The molecule has 1 aromatic rings. The molecule has 6 nitrogen and oxygen atoms in total. The minimum Gasteiger partial charge on any atom is -0.394 e. The van der Waals surface area contributed by atoms with E-state index in [0.29, 0.717) is 0 Å². The summed E-state index contributed by atoms with van der Waals surface area (Å²) in [5.74, 6) is -4.22. The van der Waals surface area contributed by atoms with Gasteiger partial charge in [-0.05, 0) is 19.1 Å². The summed E-state index contributed by atoms with van der Waals surface area (Å²) in [5.41, 5.74) is 0.279. The van der Waals surface area contributed by atoms with Gasteiger partial charge in [0, 0.05) is 11.5 Å². The van der Waals surface area contributed by atoms with Crippen molar-refractivity contribution in [3.63, 3.8) is 0 Å². The second kappa shape index (κ2) is 7.74. The number of aliphatic hydroxyl groups excluding tert-OH is 3. The first-order valence-electron chi connectivity index (χ1n) is 8.02. The number of alkyl halides is 2. The highest BCUT2D eigenvalue weighted by Crippen LogP contribution is 2.38. The predicted molar refractivity (Wildman–Crippen MR) is 85.2 cm³/mol. The number of halogens is 2. The molecule has 0 bridgehead atoms. The van der Waals surface area contributed by atoms with E-state index in [-0.39, 0.29) is 5.56 Å². The molecule has 25 heavy (non-hydrogen) atoms. The van der Waals surface area contributed by atoms with E-state index in [1.54, 1.807) is 18.2 Å².